The Bertz CT molecular complexity index is 977. The molecule has 59 heavy (non-hydrogen) atoms. The molecule has 0 aromatic heterocycles. The molecule has 0 saturated carbocycles. The molecule has 0 aromatic carbocycles. The lowest BCUT2D eigenvalue weighted by Gasteiger charge is -2.27. The number of rotatable bonds is 46. The standard InChI is InChI=1S/C53H99NO5/c1-3-5-7-9-11-13-15-17-19-21-23-24-25-26-27-28-29-31-32-34-36-38-40-42-44-46-50(56)52(58)49(48-55)54-53(59)51(57)47-45-43-41-39-37-35-33-30-22-20-18-16-14-12-10-8-6-4-2/h12,14,16,18,31-32,38,40,49-52,55-58H,3-11,13,15,17,19-30,33-37,39,41-48H2,1-2H3,(H,54,59)/b14-12-,18-16-,32-31+,40-38+. The van der Waals surface area contributed by atoms with E-state index in [1.807, 2.05) is 0 Å². The van der Waals surface area contributed by atoms with Crippen LogP contribution in [0.15, 0.2) is 48.6 Å². The number of carbonyl (C=O) groups is 1. The summed E-state index contributed by atoms with van der Waals surface area (Å²) in [6, 6.07) is -1.01. The zero-order valence-corrected chi connectivity index (χ0v) is 39.0. The summed E-state index contributed by atoms with van der Waals surface area (Å²) in [5.41, 5.74) is 0. The van der Waals surface area contributed by atoms with Crippen LogP contribution in [0.5, 0.6) is 0 Å². The lowest BCUT2D eigenvalue weighted by atomic mass is 10.00. The van der Waals surface area contributed by atoms with Crippen LogP contribution < -0.4 is 5.32 Å². The Balaban J connectivity index is 3.74. The molecule has 5 N–H and O–H groups in total. The second kappa shape index (κ2) is 47.3. The third-order valence-corrected chi connectivity index (χ3v) is 11.8. The largest absolute Gasteiger partial charge is 0.394 e. The normalized spacial score (nSPS) is 14.3. The van der Waals surface area contributed by atoms with Crippen LogP contribution in [-0.4, -0.2) is 57.3 Å². The highest BCUT2D eigenvalue weighted by molar-refractivity contribution is 5.80. The number of hydrogen-bond donors (Lipinski definition) is 5. The molecule has 6 heteroatoms. The van der Waals surface area contributed by atoms with E-state index in [-0.39, 0.29) is 0 Å². The van der Waals surface area contributed by atoms with Gasteiger partial charge in [-0.15, -0.1) is 0 Å². The number of unbranched alkanes of at least 4 members (excludes halogenated alkanes) is 30. The molecule has 0 bridgehead atoms. The van der Waals surface area contributed by atoms with E-state index in [0.717, 1.165) is 44.9 Å². The molecule has 6 nitrogen and oxygen atoms in total. The predicted octanol–water partition coefficient (Wildman–Crippen LogP) is 14.2. The van der Waals surface area contributed by atoms with Crippen LogP contribution in [-0.2, 0) is 4.79 Å². The van der Waals surface area contributed by atoms with Gasteiger partial charge in [0.15, 0.2) is 0 Å². The maximum atomic E-state index is 12.5. The molecule has 0 aromatic rings. The summed E-state index contributed by atoms with van der Waals surface area (Å²) in [6.07, 6.45) is 58.7. The smallest absolute Gasteiger partial charge is 0.249 e. The molecule has 0 aliphatic heterocycles. The molecule has 1 amide bonds. The number of allylic oxidation sites excluding steroid dienone is 8. The summed E-state index contributed by atoms with van der Waals surface area (Å²) < 4.78 is 0. The van der Waals surface area contributed by atoms with E-state index in [9.17, 15) is 25.2 Å². The van der Waals surface area contributed by atoms with Crippen molar-refractivity contribution >= 4 is 5.91 Å². The van der Waals surface area contributed by atoms with Crippen LogP contribution in [0.1, 0.15) is 251 Å². The van der Waals surface area contributed by atoms with Gasteiger partial charge in [0.1, 0.15) is 12.2 Å². The fourth-order valence-electron chi connectivity index (χ4n) is 7.71. The van der Waals surface area contributed by atoms with Crippen molar-refractivity contribution in [1.82, 2.24) is 5.32 Å². The first-order valence-corrected chi connectivity index (χ1v) is 25.5. The number of carbonyl (C=O) groups excluding carboxylic acids is 1. The molecule has 0 saturated heterocycles. The molecule has 0 heterocycles. The Kier molecular flexibility index (Phi) is 45.9. The number of nitrogens with one attached hydrogen (secondary N) is 1. The van der Waals surface area contributed by atoms with E-state index in [4.69, 9.17) is 0 Å². The molecule has 0 fully saturated rings. The summed E-state index contributed by atoms with van der Waals surface area (Å²) in [5.74, 6) is -0.602. The van der Waals surface area contributed by atoms with Crippen LogP contribution in [0.3, 0.4) is 0 Å². The minimum absolute atomic E-state index is 0.353. The highest BCUT2D eigenvalue weighted by Gasteiger charge is 2.28. The SMILES string of the molecule is CCCCC/C=C\C=C/CCCCCCCCCCCC(O)C(=O)NC(CO)C(O)C(O)CCC/C=C/CC/C=C/CCCCCCCCCCCCCCCCCC. The maximum absolute atomic E-state index is 12.5. The van der Waals surface area contributed by atoms with E-state index in [0.29, 0.717) is 19.3 Å². The predicted molar refractivity (Wildman–Crippen MR) is 256 cm³/mol. The van der Waals surface area contributed by atoms with Gasteiger partial charge in [0.05, 0.1) is 18.8 Å². The number of hydrogen-bond acceptors (Lipinski definition) is 5. The Morgan fingerprint density at radius 3 is 1.20 bits per heavy atom. The number of amides is 1. The van der Waals surface area contributed by atoms with E-state index < -0.39 is 36.9 Å². The maximum Gasteiger partial charge on any atom is 0.249 e. The lowest BCUT2D eigenvalue weighted by Crippen LogP contribution is -2.53. The van der Waals surface area contributed by atoms with Gasteiger partial charge in [0, 0.05) is 0 Å². The van der Waals surface area contributed by atoms with E-state index in [1.54, 1.807) is 0 Å². The zero-order chi connectivity index (χ0) is 43.1. The molecular formula is C53H99NO5. The van der Waals surface area contributed by atoms with Gasteiger partial charge in [-0.1, -0.05) is 223 Å². The summed E-state index contributed by atoms with van der Waals surface area (Å²) in [7, 11) is 0. The summed E-state index contributed by atoms with van der Waals surface area (Å²) in [5, 5.41) is 43.8. The molecule has 4 unspecified atom stereocenters. The van der Waals surface area contributed by atoms with Crippen molar-refractivity contribution in [3.63, 3.8) is 0 Å². The zero-order valence-electron chi connectivity index (χ0n) is 39.0. The van der Waals surface area contributed by atoms with Crippen LogP contribution in [0, 0.1) is 0 Å². The van der Waals surface area contributed by atoms with Crippen LogP contribution in [0.25, 0.3) is 0 Å². The molecule has 0 aliphatic rings. The first-order chi connectivity index (χ1) is 29.0. The highest BCUT2D eigenvalue weighted by atomic mass is 16.3. The number of aliphatic hydroxyl groups excluding tert-OH is 4. The van der Waals surface area contributed by atoms with Crippen LogP contribution >= 0.6 is 0 Å². The van der Waals surface area contributed by atoms with Gasteiger partial charge in [0.25, 0.3) is 0 Å². The van der Waals surface area contributed by atoms with Gasteiger partial charge in [-0.3, -0.25) is 4.79 Å². The lowest BCUT2D eigenvalue weighted by molar-refractivity contribution is -0.132. The van der Waals surface area contributed by atoms with Crippen molar-refractivity contribution in [2.24, 2.45) is 0 Å². The molecular weight excluding hydrogens is 731 g/mol. The topological polar surface area (TPSA) is 110 Å². The minimum Gasteiger partial charge on any atom is -0.394 e. The molecule has 0 radical (unpaired) electrons. The second-order valence-electron chi connectivity index (χ2n) is 17.5. The van der Waals surface area contributed by atoms with Crippen molar-refractivity contribution in [2.75, 3.05) is 6.61 Å². The monoisotopic (exact) mass is 830 g/mol. The van der Waals surface area contributed by atoms with Crippen molar-refractivity contribution in [3.05, 3.63) is 48.6 Å². The molecule has 4 atom stereocenters. The van der Waals surface area contributed by atoms with Crippen molar-refractivity contribution < 1.29 is 25.2 Å². The molecule has 346 valence electrons. The Labute approximate surface area is 366 Å². The summed E-state index contributed by atoms with van der Waals surface area (Å²) >= 11 is 0. The number of aliphatic hydroxyl groups is 4. The Morgan fingerprint density at radius 1 is 0.424 bits per heavy atom. The molecule has 0 rings (SSSR count). The van der Waals surface area contributed by atoms with Crippen molar-refractivity contribution in [1.29, 1.82) is 0 Å². The fraction of sp³-hybridized carbons (Fsp3) is 0.830. The van der Waals surface area contributed by atoms with E-state index in [2.05, 4.69) is 67.8 Å². The van der Waals surface area contributed by atoms with E-state index >= 15 is 0 Å². The summed E-state index contributed by atoms with van der Waals surface area (Å²) in [6.45, 7) is 4.02. The van der Waals surface area contributed by atoms with Crippen LogP contribution in [0.4, 0.5) is 0 Å². The van der Waals surface area contributed by atoms with Crippen molar-refractivity contribution in [2.45, 2.75) is 276 Å². The van der Waals surface area contributed by atoms with Gasteiger partial charge < -0.3 is 25.7 Å². The quantitative estimate of drug-likeness (QED) is 0.0238. The fourth-order valence-corrected chi connectivity index (χ4v) is 7.71. The summed E-state index contributed by atoms with van der Waals surface area (Å²) in [4.78, 5) is 12.5. The second-order valence-corrected chi connectivity index (χ2v) is 17.5. The average molecular weight is 830 g/mol. The first kappa shape index (κ1) is 57.3. The van der Waals surface area contributed by atoms with Gasteiger partial charge in [-0.25, -0.2) is 0 Å². The van der Waals surface area contributed by atoms with Crippen LogP contribution in [0.2, 0.25) is 0 Å². The van der Waals surface area contributed by atoms with Gasteiger partial charge in [0.2, 0.25) is 5.91 Å². The van der Waals surface area contributed by atoms with E-state index in [1.165, 1.54) is 173 Å². The third kappa shape index (κ3) is 41.4. The average Bonchev–Trinajstić information content (AvgIpc) is 3.24. The third-order valence-electron chi connectivity index (χ3n) is 11.8. The van der Waals surface area contributed by atoms with Gasteiger partial charge >= 0.3 is 0 Å². The Morgan fingerprint density at radius 2 is 0.763 bits per heavy atom. The highest BCUT2D eigenvalue weighted by Crippen LogP contribution is 2.16. The van der Waals surface area contributed by atoms with Crippen molar-refractivity contribution in [3.8, 4) is 0 Å². The molecule has 0 aliphatic carbocycles. The first-order valence-electron chi connectivity index (χ1n) is 25.5. The Hall–Kier alpha value is -1.73. The molecule has 0 spiro atoms. The van der Waals surface area contributed by atoms with Gasteiger partial charge in [-0.2, -0.15) is 0 Å². The minimum atomic E-state index is -1.29. The van der Waals surface area contributed by atoms with Gasteiger partial charge in [-0.05, 0) is 77.0 Å².